The summed E-state index contributed by atoms with van der Waals surface area (Å²) in [7, 11) is 0. The maximum atomic E-state index is 14.5. The fourth-order valence-electron chi connectivity index (χ4n) is 5.83. The van der Waals surface area contributed by atoms with Crippen LogP contribution in [0, 0.1) is 12.7 Å². The number of carboxylic acid groups (broad SMARTS) is 2. The average Bonchev–Trinajstić information content (AvgIpc) is 3.46. The van der Waals surface area contributed by atoms with Crippen molar-refractivity contribution in [3.63, 3.8) is 0 Å². The molecule has 2 amide bonds. The van der Waals surface area contributed by atoms with Gasteiger partial charge in [0.05, 0.1) is 22.3 Å². The molecule has 1 aliphatic carbocycles. The maximum absolute atomic E-state index is 14.5. The number of halogens is 4. The Labute approximate surface area is 354 Å². The van der Waals surface area contributed by atoms with Crippen LogP contribution in [-0.2, 0) is 28.7 Å². The van der Waals surface area contributed by atoms with Crippen LogP contribution < -0.4 is 19.1 Å². The van der Waals surface area contributed by atoms with E-state index in [0.29, 0.717) is 57.7 Å². The van der Waals surface area contributed by atoms with Crippen LogP contribution in [0.15, 0.2) is 71.9 Å². The van der Waals surface area contributed by atoms with Crippen LogP contribution in [0.5, 0.6) is 17.2 Å². The molecular formula is C42H42Cl3FN2O11. The van der Waals surface area contributed by atoms with E-state index in [1.807, 2.05) is 13.8 Å². The topological polar surface area (TPSA) is 179 Å². The number of unbranched alkanes of at least 4 members (excludes halogenated alkanes) is 2. The maximum Gasteiger partial charge on any atom is 0.344 e. The van der Waals surface area contributed by atoms with E-state index in [1.54, 1.807) is 48.7 Å². The standard InChI is InChI=1S/C21H23ClFNO5.C11H8ClNO3.C10H11ClO3/c1-2-3-6-9-28-19(25)12-29-18-11-17(16(23)10-15(18)22)24-20(26)13-7-4-5-8-14(13)21(24)27;12-8-3-4-9(16-6-10(14)15)11-7(8)2-1-5-13-11;1-6-5-8(11)3-4-9(6)14-7(2)10(12)13/h10-11H,2-9,12H2,1H3;1-5H,6H2,(H,14,15);3-5,7H,1-2H3,(H,12,13). The first-order chi connectivity index (χ1) is 28.1. The summed E-state index contributed by atoms with van der Waals surface area (Å²) >= 11 is 17.7. The molecule has 0 fully saturated rings. The second-order valence-electron chi connectivity index (χ2n) is 13.2. The molecule has 17 heteroatoms. The van der Waals surface area contributed by atoms with Gasteiger partial charge >= 0.3 is 17.9 Å². The van der Waals surface area contributed by atoms with E-state index >= 15 is 0 Å². The number of esters is 1. The number of carbonyl (C=O) groups excluding carboxylic acids is 3. The van der Waals surface area contributed by atoms with E-state index in [9.17, 15) is 28.4 Å². The van der Waals surface area contributed by atoms with E-state index in [1.165, 1.54) is 13.0 Å². The number of ether oxygens (including phenoxy) is 4. The van der Waals surface area contributed by atoms with E-state index in [0.717, 1.165) is 54.0 Å². The van der Waals surface area contributed by atoms with E-state index in [4.69, 9.17) is 64.0 Å². The van der Waals surface area contributed by atoms with Crippen molar-refractivity contribution in [1.29, 1.82) is 0 Å². The number of fused-ring (bicyclic) bond motifs is 1. The summed E-state index contributed by atoms with van der Waals surface area (Å²) in [6.07, 6.45) is 6.15. The predicted molar refractivity (Wildman–Crippen MR) is 219 cm³/mol. The van der Waals surface area contributed by atoms with Crippen LogP contribution in [0.25, 0.3) is 10.9 Å². The van der Waals surface area contributed by atoms with Gasteiger partial charge in [0.2, 0.25) is 0 Å². The first-order valence-corrected chi connectivity index (χ1v) is 19.7. The van der Waals surface area contributed by atoms with Crippen LogP contribution in [0.2, 0.25) is 15.1 Å². The molecule has 13 nitrogen and oxygen atoms in total. The van der Waals surface area contributed by atoms with E-state index in [2.05, 4.69) is 4.98 Å². The summed E-state index contributed by atoms with van der Waals surface area (Å²) in [6, 6.07) is 14.0. The SMILES string of the molecule is CCCCCOC(=O)COc1cc(N2C(=O)C3=C(CCCC3)C2=O)c(F)cc1Cl.Cc1cc(Cl)ccc1OC(C)C(=O)O.O=C(O)COc1ccc(Cl)c2cccnc12. The van der Waals surface area contributed by atoms with Gasteiger partial charge in [-0.1, -0.05) is 54.6 Å². The summed E-state index contributed by atoms with van der Waals surface area (Å²) in [4.78, 5) is 63.0. The number of anilines is 1. The number of benzene rings is 3. The molecule has 3 aromatic carbocycles. The largest absolute Gasteiger partial charge is 0.480 e. The van der Waals surface area contributed by atoms with Crippen molar-refractivity contribution in [2.45, 2.75) is 71.8 Å². The van der Waals surface area contributed by atoms with Crippen LogP contribution in [-0.4, -0.2) is 70.8 Å². The molecule has 2 aliphatic rings. The van der Waals surface area contributed by atoms with E-state index in [-0.39, 0.29) is 16.5 Å². The van der Waals surface area contributed by atoms with Gasteiger partial charge in [0.15, 0.2) is 19.3 Å². The monoisotopic (exact) mass is 874 g/mol. The molecule has 0 spiro atoms. The minimum absolute atomic E-state index is 0.000883. The van der Waals surface area contributed by atoms with Crippen LogP contribution in [0.3, 0.4) is 0 Å². The number of aromatic nitrogens is 1. The first kappa shape index (κ1) is 46.3. The number of pyridine rings is 1. The highest BCUT2D eigenvalue weighted by Crippen LogP contribution is 2.39. The van der Waals surface area contributed by atoms with Crippen LogP contribution in [0.4, 0.5) is 10.1 Å². The second kappa shape index (κ2) is 22.1. The Balaban J connectivity index is 0.000000216. The second-order valence-corrected chi connectivity index (χ2v) is 14.4. The lowest BCUT2D eigenvalue weighted by Gasteiger charge is -2.18. The number of nitrogens with zero attached hydrogens (tertiary/aromatic N) is 2. The molecule has 1 aromatic heterocycles. The third-order valence-corrected chi connectivity index (χ3v) is 9.67. The third kappa shape index (κ3) is 12.8. The Morgan fingerprint density at radius 2 is 1.53 bits per heavy atom. The highest BCUT2D eigenvalue weighted by atomic mass is 35.5. The Morgan fingerprint density at radius 1 is 0.864 bits per heavy atom. The van der Waals surface area contributed by atoms with Gasteiger partial charge in [0, 0.05) is 33.8 Å². The van der Waals surface area contributed by atoms with Crippen molar-refractivity contribution < 1.29 is 57.5 Å². The Morgan fingerprint density at radius 3 is 2.15 bits per heavy atom. The van der Waals surface area contributed by atoms with Crippen molar-refractivity contribution in [3.05, 3.63) is 98.4 Å². The molecule has 0 saturated carbocycles. The smallest absolute Gasteiger partial charge is 0.344 e. The number of imide groups is 1. The molecule has 0 bridgehead atoms. The molecule has 1 atom stereocenters. The van der Waals surface area contributed by atoms with E-state index < -0.39 is 54.9 Å². The molecule has 6 rings (SSSR count). The lowest BCUT2D eigenvalue weighted by atomic mass is 9.93. The fourth-order valence-corrected chi connectivity index (χ4v) is 6.48. The van der Waals surface area contributed by atoms with Crippen molar-refractivity contribution >= 4 is 81.1 Å². The predicted octanol–water partition coefficient (Wildman–Crippen LogP) is 9.19. The molecule has 1 aliphatic heterocycles. The number of aryl methyl sites for hydroxylation is 1. The van der Waals surface area contributed by atoms with Crippen LogP contribution in [0.1, 0.15) is 64.4 Å². The number of carbonyl (C=O) groups is 5. The third-order valence-electron chi connectivity index (χ3n) is 8.81. The molecular weight excluding hydrogens is 834 g/mol. The zero-order valence-electron chi connectivity index (χ0n) is 32.4. The van der Waals surface area contributed by atoms with Gasteiger partial charge in [-0.15, -0.1) is 0 Å². The number of carboxylic acids is 2. The van der Waals surface area contributed by atoms with Gasteiger partial charge < -0.3 is 29.2 Å². The summed E-state index contributed by atoms with van der Waals surface area (Å²) in [5.41, 5.74) is 2.06. The summed E-state index contributed by atoms with van der Waals surface area (Å²) in [5, 5.41) is 19.0. The highest BCUT2D eigenvalue weighted by Gasteiger charge is 2.41. The van der Waals surface area contributed by atoms with Crippen molar-refractivity contribution in [2.24, 2.45) is 0 Å². The highest BCUT2D eigenvalue weighted by molar-refractivity contribution is 6.36. The number of aliphatic carboxylic acids is 2. The van der Waals surface area contributed by atoms with Crippen molar-refractivity contribution in [3.8, 4) is 17.2 Å². The summed E-state index contributed by atoms with van der Waals surface area (Å²) in [6.45, 7) is 4.83. The molecule has 0 saturated heterocycles. The van der Waals surface area contributed by atoms with Gasteiger partial charge in [0.25, 0.3) is 11.8 Å². The first-order valence-electron chi connectivity index (χ1n) is 18.5. The lowest BCUT2D eigenvalue weighted by molar-refractivity contribution is -0.146. The Hall–Kier alpha value is -5.44. The minimum Gasteiger partial charge on any atom is -0.480 e. The zero-order valence-corrected chi connectivity index (χ0v) is 34.7. The number of hydrogen-bond acceptors (Lipinski definition) is 10. The van der Waals surface area contributed by atoms with Gasteiger partial charge in [-0.25, -0.2) is 23.7 Å². The fraction of sp³-hybridized carbons (Fsp3) is 0.333. The molecule has 1 unspecified atom stereocenters. The number of hydrogen-bond donors (Lipinski definition) is 2. The molecule has 59 heavy (non-hydrogen) atoms. The number of amides is 2. The Bertz CT molecular complexity index is 2210. The quantitative estimate of drug-likeness (QED) is 0.0698. The van der Waals surface area contributed by atoms with Gasteiger partial charge in [-0.05, 0) is 100 Å². The normalized spacial score (nSPS) is 13.7. The minimum atomic E-state index is -1.03. The van der Waals surface area contributed by atoms with Gasteiger partial charge in [-0.3, -0.25) is 14.6 Å². The van der Waals surface area contributed by atoms with Gasteiger partial charge in [-0.2, -0.15) is 0 Å². The average molecular weight is 876 g/mol. The molecule has 314 valence electrons. The number of rotatable bonds is 14. The molecule has 4 aromatic rings. The molecule has 0 radical (unpaired) electrons. The van der Waals surface area contributed by atoms with Crippen molar-refractivity contribution in [2.75, 3.05) is 24.7 Å². The summed E-state index contributed by atoms with van der Waals surface area (Å²) < 4.78 is 35.3. The Kier molecular flexibility index (Phi) is 17.3. The summed E-state index contributed by atoms with van der Waals surface area (Å²) in [5.74, 6) is -3.46. The lowest BCUT2D eigenvalue weighted by Crippen LogP contribution is -2.32. The molecule has 2 heterocycles. The zero-order chi connectivity index (χ0) is 43.2. The molecule has 2 N–H and O–H groups in total. The van der Waals surface area contributed by atoms with Crippen molar-refractivity contribution in [1.82, 2.24) is 4.98 Å². The van der Waals surface area contributed by atoms with Crippen LogP contribution >= 0.6 is 34.8 Å². The van der Waals surface area contributed by atoms with Gasteiger partial charge in [0.1, 0.15) is 28.6 Å².